The average Bonchev–Trinajstić information content (AvgIpc) is 2.27. The van der Waals surface area contributed by atoms with E-state index in [9.17, 15) is 13.2 Å². The Bertz CT molecular complexity index is 438. The summed E-state index contributed by atoms with van der Waals surface area (Å²) in [6, 6.07) is 4.92. The molecule has 1 rings (SSSR count). The third kappa shape index (κ3) is 5.75. The second kappa shape index (κ2) is 6.45. The van der Waals surface area contributed by atoms with Crippen molar-refractivity contribution in [1.29, 1.82) is 0 Å². The molecule has 0 aromatic heterocycles. The molecule has 2 nitrogen and oxygen atoms in total. The number of benzene rings is 1. The van der Waals surface area contributed by atoms with Gasteiger partial charge >= 0.3 is 6.18 Å². The van der Waals surface area contributed by atoms with Crippen LogP contribution in [0.2, 0.25) is 10.0 Å². The van der Waals surface area contributed by atoms with Crippen molar-refractivity contribution >= 4 is 40.5 Å². The molecular formula is C10H9Cl2F3N2S. The maximum Gasteiger partial charge on any atom is 0.405 e. The van der Waals surface area contributed by atoms with Gasteiger partial charge in [0.2, 0.25) is 0 Å². The van der Waals surface area contributed by atoms with Crippen LogP contribution in [0.1, 0.15) is 5.56 Å². The maximum atomic E-state index is 11.9. The molecule has 0 heterocycles. The van der Waals surface area contributed by atoms with Crippen LogP contribution >= 0.6 is 35.4 Å². The van der Waals surface area contributed by atoms with Crippen LogP contribution in [0.15, 0.2) is 18.2 Å². The number of hydrogen-bond donors (Lipinski definition) is 2. The zero-order chi connectivity index (χ0) is 13.8. The predicted octanol–water partition coefficient (Wildman–Crippen LogP) is 3.52. The minimum atomic E-state index is -4.30. The second-order valence-corrected chi connectivity index (χ2v) is 4.62. The molecule has 18 heavy (non-hydrogen) atoms. The van der Waals surface area contributed by atoms with Gasteiger partial charge in [-0.15, -0.1) is 0 Å². The quantitative estimate of drug-likeness (QED) is 0.834. The van der Waals surface area contributed by atoms with Gasteiger partial charge in [-0.25, -0.2) is 0 Å². The second-order valence-electron chi connectivity index (χ2n) is 3.40. The summed E-state index contributed by atoms with van der Waals surface area (Å²) >= 11 is 16.2. The van der Waals surface area contributed by atoms with Crippen LogP contribution in [0.25, 0.3) is 0 Å². The third-order valence-electron chi connectivity index (χ3n) is 1.89. The molecule has 0 aliphatic carbocycles. The van der Waals surface area contributed by atoms with E-state index in [1.165, 1.54) is 0 Å². The largest absolute Gasteiger partial charge is 0.405 e. The van der Waals surface area contributed by atoms with Gasteiger partial charge in [0.15, 0.2) is 5.11 Å². The molecule has 100 valence electrons. The summed E-state index contributed by atoms with van der Waals surface area (Å²) < 4.78 is 35.7. The Morgan fingerprint density at radius 2 is 1.83 bits per heavy atom. The summed E-state index contributed by atoms with van der Waals surface area (Å²) in [4.78, 5) is 0. The van der Waals surface area contributed by atoms with Crippen molar-refractivity contribution in [2.45, 2.75) is 12.7 Å². The van der Waals surface area contributed by atoms with Gasteiger partial charge in [0, 0.05) is 6.54 Å². The van der Waals surface area contributed by atoms with E-state index in [4.69, 9.17) is 35.4 Å². The Balaban J connectivity index is 2.40. The summed E-state index contributed by atoms with van der Waals surface area (Å²) in [7, 11) is 0. The minimum absolute atomic E-state index is 0.0709. The SMILES string of the molecule is FC(F)(F)CNC(=S)NCc1ccc(Cl)c(Cl)c1. The Morgan fingerprint density at radius 3 is 2.39 bits per heavy atom. The van der Waals surface area contributed by atoms with Crippen molar-refractivity contribution in [3.63, 3.8) is 0 Å². The first-order valence-electron chi connectivity index (χ1n) is 4.80. The van der Waals surface area contributed by atoms with E-state index in [1.54, 1.807) is 18.2 Å². The van der Waals surface area contributed by atoms with Crippen LogP contribution < -0.4 is 10.6 Å². The van der Waals surface area contributed by atoms with Gasteiger partial charge in [-0.1, -0.05) is 29.3 Å². The Hall–Kier alpha value is -0.720. The van der Waals surface area contributed by atoms with Crippen LogP contribution in [0.4, 0.5) is 13.2 Å². The Kier molecular flexibility index (Phi) is 5.49. The Morgan fingerprint density at radius 1 is 1.17 bits per heavy atom. The van der Waals surface area contributed by atoms with E-state index in [2.05, 4.69) is 10.6 Å². The molecule has 0 saturated heterocycles. The summed E-state index contributed by atoms with van der Waals surface area (Å²) in [5.74, 6) is 0. The van der Waals surface area contributed by atoms with Gasteiger partial charge in [-0.2, -0.15) is 13.2 Å². The average molecular weight is 317 g/mol. The minimum Gasteiger partial charge on any atom is -0.359 e. The van der Waals surface area contributed by atoms with Crippen LogP contribution in [0.5, 0.6) is 0 Å². The summed E-state index contributed by atoms with van der Waals surface area (Å²) in [6.07, 6.45) is -4.30. The fraction of sp³-hybridized carbons (Fsp3) is 0.300. The first-order valence-corrected chi connectivity index (χ1v) is 5.97. The lowest BCUT2D eigenvalue weighted by Crippen LogP contribution is -2.40. The third-order valence-corrected chi connectivity index (χ3v) is 2.91. The van der Waals surface area contributed by atoms with Crippen molar-refractivity contribution in [3.8, 4) is 0 Å². The van der Waals surface area contributed by atoms with Gasteiger partial charge in [-0.05, 0) is 29.9 Å². The Labute approximate surface area is 117 Å². The van der Waals surface area contributed by atoms with Crippen LogP contribution in [0, 0.1) is 0 Å². The molecule has 1 aromatic carbocycles. The lowest BCUT2D eigenvalue weighted by Gasteiger charge is -2.12. The van der Waals surface area contributed by atoms with Crippen LogP contribution in [0.3, 0.4) is 0 Å². The van der Waals surface area contributed by atoms with Gasteiger partial charge in [0.25, 0.3) is 0 Å². The molecule has 1 aromatic rings. The van der Waals surface area contributed by atoms with E-state index in [0.717, 1.165) is 5.56 Å². The lowest BCUT2D eigenvalue weighted by atomic mass is 10.2. The molecule has 0 radical (unpaired) electrons. The van der Waals surface area contributed by atoms with Gasteiger partial charge in [0.1, 0.15) is 6.54 Å². The van der Waals surface area contributed by atoms with Crippen molar-refractivity contribution in [1.82, 2.24) is 10.6 Å². The number of thiocarbonyl (C=S) groups is 1. The van der Waals surface area contributed by atoms with E-state index >= 15 is 0 Å². The normalized spacial score (nSPS) is 11.2. The molecule has 0 fully saturated rings. The predicted molar refractivity (Wildman–Crippen MR) is 70.0 cm³/mol. The highest BCUT2D eigenvalue weighted by atomic mass is 35.5. The van der Waals surface area contributed by atoms with E-state index in [1.807, 2.05) is 0 Å². The zero-order valence-electron chi connectivity index (χ0n) is 8.94. The van der Waals surface area contributed by atoms with E-state index < -0.39 is 12.7 Å². The summed E-state index contributed by atoms with van der Waals surface area (Å²) in [5.41, 5.74) is 0.764. The molecule has 8 heteroatoms. The molecule has 0 saturated carbocycles. The smallest absolute Gasteiger partial charge is 0.359 e. The fourth-order valence-electron chi connectivity index (χ4n) is 1.07. The number of nitrogens with one attached hydrogen (secondary N) is 2. The van der Waals surface area contributed by atoms with Crippen LogP contribution in [-0.2, 0) is 6.54 Å². The number of rotatable bonds is 3. The molecule has 0 bridgehead atoms. The highest BCUT2D eigenvalue weighted by Gasteiger charge is 2.26. The highest BCUT2D eigenvalue weighted by molar-refractivity contribution is 7.80. The summed E-state index contributed by atoms with van der Waals surface area (Å²) in [5, 5.41) is 5.42. The molecule has 0 atom stereocenters. The molecule has 2 N–H and O–H groups in total. The van der Waals surface area contributed by atoms with Crippen molar-refractivity contribution < 1.29 is 13.2 Å². The molecule has 0 unspecified atom stereocenters. The molecule has 0 aliphatic heterocycles. The van der Waals surface area contributed by atoms with E-state index in [0.29, 0.717) is 10.0 Å². The topological polar surface area (TPSA) is 24.1 Å². The van der Waals surface area contributed by atoms with Gasteiger partial charge in [0.05, 0.1) is 10.0 Å². The molecule has 0 amide bonds. The standard InChI is InChI=1S/C10H9Cl2F3N2S/c11-7-2-1-6(3-8(7)12)4-16-9(18)17-5-10(13,14)15/h1-3H,4-5H2,(H2,16,17,18). The highest BCUT2D eigenvalue weighted by Crippen LogP contribution is 2.22. The number of alkyl halides is 3. The van der Waals surface area contributed by atoms with Gasteiger partial charge in [-0.3, -0.25) is 0 Å². The first-order chi connectivity index (χ1) is 8.28. The number of halogens is 5. The fourth-order valence-corrected chi connectivity index (χ4v) is 1.54. The van der Waals surface area contributed by atoms with Crippen molar-refractivity contribution in [3.05, 3.63) is 33.8 Å². The maximum absolute atomic E-state index is 11.9. The van der Waals surface area contributed by atoms with E-state index in [-0.39, 0.29) is 11.7 Å². The number of hydrogen-bond acceptors (Lipinski definition) is 1. The first kappa shape index (κ1) is 15.3. The monoisotopic (exact) mass is 316 g/mol. The van der Waals surface area contributed by atoms with Crippen LogP contribution in [-0.4, -0.2) is 17.8 Å². The molecular weight excluding hydrogens is 308 g/mol. The van der Waals surface area contributed by atoms with Crippen molar-refractivity contribution in [2.24, 2.45) is 0 Å². The molecule has 0 aliphatic rings. The lowest BCUT2D eigenvalue weighted by molar-refractivity contribution is -0.122. The zero-order valence-corrected chi connectivity index (χ0v) is 11.3. The van der Waals surface area contributed by atoms with Gasteiger partial charge < -0.3 is 10.6 Å². The summed E-state index contributed by atoms with van der Waals surface area (Å²) in [6.45, 7) is -0.902. The van der Waals surface area contributed by atoms with Crippen molar-refractivity contribution in [2.75, 3.05) is 6.54 Å². The molecule has 0 spiro atoms.